The number of hydrogen-bond donors (Lipinski definition) is 2. The second-order valence-corrected chi connectivity index (χ2v) is 6.82. The summed E-state index contributed by atoms with van der Waals surface area (Å²) in [5, 5.41) is 6.57. The standard InChI is InChI=1S/C15H29N3O/c1-15(2)8-4-5-13(15)17-12-6-9-18(10-7-12)11-14(19)16-3/h12-13,17H,4-11H2,1-3H3,(H,16,19). The molecule has 0 spiro atoms. The van der Waals surface area contributed by atoms with Crippen LogP contribution in [0.1, 0.15) is 46.0 Å². The number of carbonyl (C=O) groups is 1. The van der Waals surface area contributed by atoms with E-state index in [2.05, 4.69) is 29.4 Å². The molecule has 1 saturated carbocycles. The Morgan fingerprint density at radius 1 is 1.26 bits per heavy atom. The van der Waals surface area contributed by atoms with Crippen LogP contribution in [0.15, 0.2) is 0 Å². The van der Waals surface area contributed by atoms with Gasteiger partial charge in [-0.1, -0.05) is 20.3 Å². The SMILES string of the molecule is CNC(=O)CN1CCC(NC2CCCC2(C)C)CC1. The third-order valence-corrected chi connectivity index (χ3v) is 4.93. The van der Waals surface area contributed by atoms with Gasteiger partial charge in [0.25, 0.3) is 0 Å². The van der Waals surface area contributed by atoms with Crippen molar-refractivity contribution < 1.29 is 4.79 Å². The summed E-state index contributed by atoms with van der Waals surface area (Å²) >= 11 is 0. The molecule has 1 atom stereocenters. The van der Waals surface area contributed by atoms with Crippen molar-refractivity contribution in [2.45, 2.75) is 58.0 Å². The first kappa shape index (κ1) is 14.8. The van der Waals surface area contributed by atoms with Crippen molar-refractivity contribution in [3.63, 3.8) is 0 Å². The van der Waals surface area contributed by atoms with E-state index in [1.54, 1.807) is 7.05 Å². The summed E-state index contributed by atoms with van der Waals surface area (Å²) in [6.45, 7) is 7.41. The molecule has 1 unspecified atom stereocenters. The highest BCUT2D eigenvalue weighted by Crippen LogP contribution is 2.37. The van der Waals surface area contributed by atoms with Crippen molar-refractivity contribution in [1.29, 1.82) is 0 Å². The molecule has 4 heteroatoms. The van der Waals surface area contributed by atoms with Crippen LogP contribution in [0.5, 0.6) is 0 Å². The van der Waals surface area contributed by atoms with Crippen molar-refractivity contribution in [1.82, 2.24) is 15.5 Å². The minimum Gasteiger partial charge on any atom is -0.358 e. The Labute approximate surface area is 117 Å². The molecular formula is C15H29N3O. The summed E-state index contributed by atoms with van der Waals surface area (Å²) in [6, 6.07) is 1.33. The van der Waals surface area contributed by atoms with Crippen molar-refractivity contribution in [2.75, 3.05) is 26.7 Å². The minimum absolute atomic E-state index is 0.128. The Bertz CT molecular complexity index is 309. The first-order valence-corrected chi connectivity index (χ1v) is 7.70. The van der Waals surface area contributed by atoms with Crippen molar-refractivity contribution in [2.24, 2.45) is 5.41 Å². The molecule has 1 amide bonds. The van der Waals surface area contributed by atoms with E-state index in [9.17, 15) is 4.79 Å². The first-order valence-electron chi connectivity index (χ1n) is 7.70. The van der Waals surface area contributed by atoms with Gasteiger partial charge >= 0.3 is 0 Å². The van der Waals surface area contributed by atoms with Crippen molar-refractivity contribution in [3.05, 3.63) is 0 Å². The number of carbonyl (C=O) groups excluding carboxylic acids is 1. The van der Waals surface area contributed by atoms with E-state index in [1.165, 1.54) is 32.1 Å². The van der Waals surface area contributed by atoms with Gasteiger partial charge in [-0.15, -0.1) is 0 Å². The second kappa shape index (κ2) is 6.23. The summed E-state index contributed by atoms with van der Waals surface area (Å²) < 4.78 is 0. The highest BCUT2D eigenvalue weighted by atomic mass is 16.1. The average molecular weight is 267 g/mol. The van der Waals surface area contributed by atoms with Crippen LogP contribution in [-0.2, 0) is 4.79 Å². The zero-order chi connectivity index (χ0) is 13.9. The molecule has 1 aliphatic carbocycles. The fraction of sp³-hybridized carbons (Fsp3) is 0.933. The Morgan fingerprint density at radius 2 is 1.95 bits per heavy atom. The Morgan fingerprint density at radius 3 is 2.47 bits per heavy atom. The smallest absolute Gasteiger partial charge is 0.233 e. The van der Waals surface area contributed by atoms with Crippen LogP contribution in [-0.4, -0.2) is 49.6 Å². The average Bonchev–Trinajstić information content (AvgIpc) is 2.71. The molecule has 1 aliphatic heterocycles. The molecule has 2 aliphatic rings. The van der Waals surface area contributed by atoms with Gasteiger partial charge in [-0.25, -0.2) is 0 Å². The molecule has 110 valence electrons. The predicted molar refractivity (Wildman–Crippen MR) is 78.1 cm³/mol. The largest absolute Gasteiger partial charge is 0.358 e. The number of likely N-dealkylation sites (tertiary alicyclic amines) is 1. The number of likely N-dealkylation sites (N-methyl/N-ethyl adjacent to an activating group) is 1. The highest BCUT2D eigenvalue weighted by molar-refractivity contribution is 5.77. The van der Waals surface area contributed by atoms with Gasteiger partial charge in [0, 0.05) is 32.2 Å². The number of rotatable bonds is 4. The minimum atomic E-state index is 0.128. The van der Waals surface area contributed by atoms with Crippen LogP contribution >= 0.6 is 0 Å². The monoisotopic (exact) mass is 267 g/mol. The van der Waals surface area contributed by atoms with Gasteiger partial charge in [-0.2, -0.15) is 0 Å². The molecule has 0 aromatic rings. The molecule has 0 bridgehead atoms. The fourth-order valence-electron chi connectivity index (χ4n) is 3.46. The van der Waals surface area contributed by atoms with Gasteiger partial charge < -0.3 is 10.6 Å². The molecule has 19 heavy (non-hydrogen) atoms. The number of nitrogens with one attached hydrogen (secondary N) is 2. The van der Waals surface area contributed by atoms with Gasteiger partial charge in [0.15, 0.2) is 0 Å². The van der Waals surface area contributed by atoms with Gasteiger partial charge in [0.2, 0.25) is 5.91 Å². The van der Waals surface area contributed by atoms with Crippen molar-refractivity contribution >= 4 is 5.91 Å². The maximum absolute atomic E-state index is 11.4. The topological polar surface area (TPSA) is 44.4 Å². The lowest BCUT2D eigenvalue weighted by atomic mass is 9.86. The van der Waals surface area contributed by atoms with E-state index in [4.69, 9.17) is 0 Å². The van der Waals surface area contributed by atoms with E-state index in [0.29, 0.717) is 24.0 Å². The zero-order valence-corrected chi connectivity index (χ0v) is 12.7. The highest BCUT2D eigenvalue weighted by Gasteiger charge is 2.36. The van der Waals surface area contributed by atoms with Crippen LogP contribution in [0.3, 0.4) is 0 Å². The van der Waals surface area contributed by atoms with Gasteiger partial charge in [0.05, 0.1) is 6.54 Å². The molecular weight excluding hydrogens is 238 g/mol. The summed E-state index contributed by atoms with van der Waals surface area (Å²) in [6.07, 6.45) is 6.37. The predicted octanol–water partition coefficient (Wildman–Crippen LogP) is 1.37. The molecule has 1 saturated heterocycles. The molecule has 0 aromatic heterocycles. The zero-order valence-electron chi connectivity index (χ0n) is 12.7. The lowest BCUT2D eigenvalue weighted by molar-refractivity contribution is -0.122. The van der Waals surface area contributed by atoms with Crippen LogP contribution < -0.4 is 10.6 Å². The number of hydrogen-bond acceptors (Lipinski definition) is 3. The maximum Gasteiger partial charge on any atom is 0.233 e. The van der Waals surface area contributed by atoms with Gasteiger partial charge in [-0.05, 0) is 31.1 Å². The Kier molecular flexibility index (Phi) is 4.85. The number of amides is 1. The van der Waals surface area contributed by atoms with E-state index in [1.807, 2.05) is 0 Å². The molecule has 4 nitrogen and oxygen atoms in total. The van der Waals surface area contributed by atoms with Crippen LogP contribution in [0.4, 0.5) is 0 Å². The third-order valence-electron chi connectivity index (χ3n) is 4.93. The van der Waals surface area contributed by atoms with Crippen LogP contribution in [0.25, 0.3) is 0 Å². The van der Waals surface area contributed by atoms with Gasteiger partial charge in [-0.3, -0.25) is 9.69 Å². The molecule has 2 rings (SSSR count). The van der Waals surface area contributed by atoms with E-state index >= 15 is 0 Å². The summed E-state index contributed by atoms with van der Waals surface area (Å²) in [7, 11) is 1.71. The second-order valence-electron chi connectivity index (χ2n) is 6.82. The summed E-state index contributed by atoms with van der Waals surface area (Å²) in [5.41, 5.74) is 0.458. The molecule has 0 radical (unpaired) electrons. The Hall–Kier alpha value is -0.610. The first-order chi connectivity index (χ1) is 9.01. The Balaban J connectivity index is 1.73. The molecule has 2 fully saturated rings. The van der Waals surface area contributed by atoms with Crippen molar-refractivity contribution in [3.8, 4) is 0 Å². The number of nitrogens with zero attached hydrogens (tertiary/aromatic N) is 1. The quantitative estimate of drug-likeness (QED) is 0.808. The summed E-state index contributed by atoms with van der Waals surface area (Å²) in [4.78, 5) is 13.6. The third kappa shape index (κ3) is 3.93. The molecule has 1 heterocycles. The normalized spacial score (nSPS) is 28.5. The van der Waals surface area contributed by atoms with E-state index in [-0.39, 0.29) is 5.91 Å². The van der Waals surface area contributed by atoms with E-state index in [0.717, 1.165) is 13.1 Å². The van der Waals surface area contributed by atoms with E-state index < -0.39 is 0 Å². The lowest BCUT2D eigenvalue weighted by Crippen LogP contribution is -2.50. The molecule has 2 N–H and O–H groups in total. The van der Waals surface area contributed by atoms with Crippen LogP contribution in [0.2, 0.25) is 0 Å². The fourth-order valence-corrected chi connectivity index (χ4v) is 3.46. The van der Waals surface area contributed by atoms with Crippen LogP contribution in [0, 0.1) is 5.41 Å². The maximum atomic E-state index is 11.4. The lowest BCUT2D eigenvalue weighted by Gasteiger charge is -2.37. The number of piperidine rings is 1. The summed E-state index contributed by atoms with van der Waals surface area (Å²) in [5.74, 6) is 0.128. The molecule has 0 aromatic carbocycles. The van der Waals surface area contributed by atoms with Gasteiger partial charge in [0.1, 0.15) is 0 Å².